The first-order valence-corrected chi connectivity index (χ1v) is 16.8. The molecular weight excluding hydrogens is 573 g/mol. The largest absolute Gasteiger partial charge is 0.381 e. The van der Waals surface area contributed by atoms with E-state index >= 15 is 0 Å². The molecule has 0 saturated heterocycles. The lowest BCUT2D eigenvalue weighted by Crippen LogP contribution is -2.32. The van der Waals surface area contributed by atoms with Crippen LogP contribution in [0.5, 0.6) is 0 Å². The Morgan fingerprint density at radius 1 is 0.702 bits per heavy atom. The normalized spacial score (nSPS) is 23.2. The van der Waals surface area contributed by atoms with Crippen molar-refractivity contribution in [3.63, 3.8) is 0 Å². The van der Waals surface area contributed by atoms with E-state index in [1.807, 2.05) is 12.3 Å². The molecule has 4 nitrogen and oxygen atoms in total. The Bertz CT molecular complexity index is 2050. The van der Waals surface area contributed by atoms with Crippen molar-refractivity contribution < 1.29 is 0 Å². The standard InChI is InChI=1S/C43H38N4/c1-45-29-9-7-13-39(45)32-20-25-35(26-21-32)47-41-15-5-3-11-36(41)37-27-22-33-17-16-31-10-2-4-14-40(31)46(42(33)43(37)47)34-23-18-30(19-24-34)38-12-6-8-28-44-38/h2-4,6-14,16-29,33,38-39,42,44H,5,15H2,1H3. The second kappa shape index (κ2) is 11.4. The van der Waals surface area contributed by atoms with Crippen molar-refractivity contribution in [1.29, 1.82) is 0 Å². The molecule has 0 radical (unpaired) electrons. The first kappa shape index (κ1) is 27.8. The molecule has 2 aliphatic carbocycles. The Morgan fingerprint density at radius 2 is 1.49 bits per heavy atom. The van der Waals surface area contributed by atoms with Crippen LogP contribution in [-0.4, -0.2) is 16.5 Å². The molecule has 4 aromatic rings. The third-order valence-electron chi connectivity index (χ3n) is 10.3. The topological polar surface area (TPSA) is 23.4 Å². The minimum atomic E-state index is 0.0765. The van der Waals surface area contributed by atoms with Crippen LogP contribution in [0.3, 0.4) is 0 Å². The summed E-state index contributed by atoms with van der Waals surface area (Å²) in [5.41, 5.74) is 13.0. The van der Waals surface area contributed by atoms with Gasteiger partial charge in [0.05, 0.1) is 23.8 Å². The fraction of sp³-hybridized carbons (Fsp3) is 0.163. The van der Waals surface area contributed by atoms with Gasteiger partial charge >= 0.3 is 0 Å². The second-order valence-electron chi connectivity index (χ2n) is 13.0. The number of dihydropyridines is 1. The number of anilines is 2. The molecule has 0 amide bonds. The Morgan fingerprint density at radius 3 is 2.32 bits per heavy atom. The van der Waals surface area contributed by atoms with Crippen molar-refractivity contribution in [3.05, 3.63) is 179 Å². The number of para-hydroxylation sites is 1. The van der Waals surface area contributed by atoms with E-state index in [1.54, 1.807) is 0 Å². The van der Waals surface area contributed by atoms with Crippen LogP contribution >= 0.6 is 0 Å². The molecule has 47 heavy (non-hydrogen) atoms. The van der Waals surface area contributed by atoms with Crippen LogP contribution in [-0.2, 0) is 6.42 Å². The molecule has 0 fully saturated rings. The van der Waals surface area contributed by atoms with Gasteiger partial charge in [-0.2, -0.15) is 0 Å². The van der Waals surface area contributed by atoms with E-state index in [1.165, 1.54) is 56.3 Å². The van der Waals surface area contributed by atoms with Crippen molar-refractivity contribution in [2.75, 3.05) is 11.9 Å². The van der Waals surface area contributed by atoms with Crippen LogP contribution in [0.25, 0.3) is 23.9 Å². The van der Waals surface area contributed by atoms with Crippen molar-refractivity contribution in [1.82, 2.24) is 14.8 Å². The van der Waals surface area contributed by atoms with Crippen LogP contribution < -0.4 is 10.2 Å². The van der Waals surface area contributed by atoms with Gasteiger partial charge in [-0.1, -0.05) is 103 Å². The number of fused-ring (bicyclic) bond motifs is 6. The molecule has 1 N–H and O–H groups in total. The third kappa shape index (κ3) is 4.67. The van der Waals surface area contributed by atoms with Gasteiger partial charge in [-0.15, -0.1) is 0 Å². The van der Waals surface area contributed by atoms with Crippen molar-refractivity contribution in [2.45, 2.75) is 31.0 Å². The number of likely N-dealkylation sites (N-methyl/N-ethyl adjacent to an activating group) is 1. The van der Waals surface area contributed by atoms with Gasteiger partial charge in [-0.3, -0.25) is 0 Å². The number of nitrogens with one attached hydrogen (secondary N) is 1. The monoisotopic (exact) mass is 610 g/mol. The predicted octanol–water partition coefficient (Wildman–Crippen LogP) is 9.76. The average molecular weight is 611 g/mol. The van der Waals surface area contributed by atoms with Crippen molar-refractivity contribution >= 4 is 29.6 Å². The summed E-state index contributed by atoms with van der Waals surface area (Å²) in [4.78, 5) is 4.87. The Kier molecular flexibility index (Phi) is 6.74. The smallest absolute Gasteiger partial charge is 0.0850 e. The first-order valence-electron chi connectivity index (χ1n) is 16.8. The van der Waals surface area contributed by atoms with E-state index < -0.39 is 0 Å². The fourth-order valence-electron chi connectivity index (χ4n) is 8.01. The third-order valence-corrected chi connectivity index (χ3v) is 10.3. The van der Waals surface area contributed by atoms with Crippen LogP contribution in [0.1, 0.15) is 63.8 Å². The number of rotatable bonds is 4. The summed E-state index contributed by atoms with van der Waals surface area (Å²) >= 11 is 0. The lowest BCUT2D eigenvalue weighted by Gasteiger charge is -2.39. The molecule has 5 aliphatic rings. The minimum absolute atomic E-state index is 0.0765. The van der Waals surface area contributed by atoms with Crippen molar-refractivity contribution in [2.24, 2.45) is 5.92 Å². The lowest BCUT2D eigenvalue weighted by molar-refractivity contribution is 0.390. The maximum Gasteiger partial charge on any atom is 0.0850 e. The number of benzene rings is 3. The molecule has 0 saturated carbocycles. The Labute approximate surface area is 277 Å². The zero-order valence-electron chi connectivity index (χ0n) is 26.6. The van der Waals surface area contributed by atoms with Crippen molar-refractivity contribution in [3.8, 4) is 5.69 Å². The molecule has 3 aliphatic heterocycles. The summed E-state index contributed by atoms with van der Waals surface area (Å²) in [6, 6.07) is 27.8. The maximum atomic E-state index is 3.48. The molecule has 9 rings (SSSR count). The van der Waals surface area contributed by atoms with E-state index in [-0.39, 0.29) is 24.0 Å². The number of allylic oxidation sites excluding steroid dienone is 5. The maximum absolute atomic E-state index is 3.48. The Balaban J connectivity index is 1.21. The van der Waals surface area contributed by atoms with E-state index in [9.17, 15) is 0 Å². The number of hydrogen-bond donors (Lipinski definition) is 1. The fourth-order valence-corrected chi connectivity index (χ4v) is 8.01. The highest BCUT2D eigenvalue weighted by Gasteiger charge is 2.39. The van der Waals surface area contributed by atoms with E-state index in [4.69, 9.17) is 0 Å². The summed E-state index contributed by atoms with van der Waals surface area (Å²) in [7, 11) is 2.15. The first-order chi connectivity index (χ1) is 23.2. The van der Waals surface area contributed by atoms with Gasteiger partial charge in [0.15, 0.2) is 0 Å². The highest BCUT2D eigenvalue weighted by atomic mass is 15.2. The molecule has 230 valence electrons. The van der Waals surface area contributed by atoms with E-state index in [2.05, 4.69) is 173 Å². The average Bonchev–Trinajstić information content (AvgIpc) is 3.37. The molecule has 4 atom stereocenters. The van der Waals surface area contributed by atoms with Gasteiger partial charge < -0.3 is 19.7 Å². The van der Waals surface area contributed by atoms with E-state index in [0.717, 1.165) is 12.8 Å². The predicted molar refractivity (Wildman–Crippen MR) is 195 cm³/mol. The summed E-state index contributed by atoms with van der Waals surface area (Å²) in [6.07, 6.45) is 33.4. The molecule has 0 spiro atoms. The zero-order chi connectivity index (χ0) is 31.3. The number of hydrogen-bond acceptors (Lipinski definition) is 3. The second-order valence-corrected chi connectivity index (χ2v) is 13.0. The molecule has 4 unspecified atom stereocenters. The molecule has 3 aromatic carbocycles. The van der Waals surface area contributed by atoms with E-state index in [0.29, 0.717) is 0 Å². The molecular formula is C43H38N4. The Hall–Kier alpha value is -5.48. The summed E-state index contributed by atoms with van der Waals surface area (Å²) in [6.45, 7) is 0. The number of nitrogens with zero attached hydrogens (tertiary/aromatic N) is 3. The molecule has 4 heteroatoms. The minimum Gasteiger partial charge on any atom is -0.381 e. The molecule has 0 bridgehead atoms. The van der Waals surface area contributed by atoms with Gasteiger partial charge in [0, 0.05) is 46.8 Å². The van der Waals surface area contributed by atoms with Crippen LogP contribution in [0.4, 0.5) is 11.4 Å². The van der Waals surface area contributed by atoms with Gasteiger partial charge in [0.2, 0.25) is 0 Å². The lowest BCUT2D eigenvalue weighted by atomic mass is 9.85. The SMILES string of the molecule is CN1C=CC=CC1c1ccc(-n2c3c(c4c2C2C(C=Cc5ccccc5N2c2ccc(C5C=CC=CN5)cc2)C=C4)C=CCC3)cc1. The van der Waals surface area contributed by atoms with Gasteiger partial charge in [0.1, 0.15) is 0 Å². The molecule has 4 heterocycles. The van der Waals surface area contributed by atoms with Crippen LogP contribution in [0.15, 0.2) is 140 Å². The van der Waals surface area contributed by atoms with Crippen LogP contribution in [0, 0.1) is 5.92 Å². The highest BCUT2D eigenvalue weighted by Crippen LogP contribution is 2.50. The summed E-state index contributed by atoms with van der Waals surface area (Å²) in [5.74, 6) is 0.203. The number of aromatic nitrogens is 1. The quantitative estimate of drug-likeness (QED) is 0.249. The zero-order valence-corrected chi connectivity index (χ0v) is 26.6. The van der Waals surface area contributed by atoms with Crippen LogP contribution in [0.2, 0.25) is 0 Å². The summed E-state index contributed by atoms with van der Waals surface area (Å²) in [5, 5.41) is 3.48. The van der Waals surface area contributed by atoms with Gasteiger partial charge in [-0.25, -0.2) is 0 Å². The van der Waals surface area contributed by atoms with Gasteiger partial charge in [-0.05, 0) is 84.4 Å². The summed E-state index contributed by atoms with van der Waals surface area (Å²) < 4.78 is 2.60. The van der Waals surface area contributed by atoms with Gasteiger partial charge in [0.25, 0.3) is 0 Å². The highest BCUT2D eigenvalue weighted by molar-refractivity contribution is 5.82. The molecule has 1 aromatic heterocycles.